The minimum absolute atomic E-state index is 0. The van der Waals surface area contributed by atoms with Crippen molar-refractivity contribution in [3.8, 4) is 0 Å². The van der Waals surface area contributed by atoms with Gasteiger partial charge in [0.05, 0.1) is 12.6 Å². The summed E-state index contributed by atoms with van der Waals surface area (Å²) in [5.74, 6) is 0. The van der Waals surface area contributed by atoms with E-state index in [0.717, 1.165) is 0 Å². The van der Waals surface area contributed by atoms with E-state index >= 15 is 0 Å². The Hall–Kier alpha value is -1.78. The topological polar surface area (TPSA) is 77.2 Å². The van der Waals surface area contributed by atoms with Crippen LogP contribution in [0.2, 0.25) is 0 Å². The Morgan fingerprint density at radius 1 is 0.810 bits per heavy atom. The molecule has 0 aliphatic carbocycles. The maximum atomic E-state index is 9.88. The summed E-state index contributed by atoms with van der Waals surface area (Å²) in [5.41, 5.74) is 5.54. The van der Waals surface area contributed by atoms with Gasteiger partial charge in [-0.2, -0.15) is 35.4 Å². The molecule has 0 unspecified atom stereocenters. The van der Waals surface area contributed by atoms with E-state index < -0.39 is 5.24 Å². The number of amides is 1. The number of carbonyl (C=O) groups is 1. The van der Waals surface area contributed by atoms with Gasteiger partial charge in [0.1, 0.15) is 0 Å². The summed E-state index contributed by atoms with van der Waals surface area (Å²) in [6.45, 7) is 0. The van der Waals surface area contributed by atoms with Crippen LogP contribution in [-0.4, -0.2) is 17.8 Å². The molecule has 6 heteroatoms. The third-order valence-electron chi connectivity index (χ3n) is 1.78. The van der Waals surface area contributed by atoms with Crippen molar-refractivity contribution < 1.29 is 33.9 Å². The summed E-state index contributed by atoms with van der Waals surface area (Å²) in [5, 5.41) is -0.639. The van der Waals surface area contributed by atoms with E-state index in [1.54, 1.807) is 61.1 Å². The van der Waals surface area contributed by atoms with Crippen molar-refractivity contribution in [3.05, 3.63) is 71.8 Å². The van der Waals surface area contributed by atoms with Crippen LogP contribution in [0.3, 0.4) is 0 Å². The average Bonchev–Trinajstić information content (AvgIpc) is 2.49. The quantitative estimate of drug-likeness (QED) is 0.494. The Labute approximate surface area is 141 Å². The normalized spacial score (nSPS) is 7.67. The van der Waals surface area contributed by atoms with Gasteiger partial charge in [-0.05, 0) is 0 Å². The fraction of sp³-hybridized carbons (Fsp3) is 0. The number of primary amides is 1. The zero-order valence-corrected chi connectivity index (χ0v) is 15.1. The number of hydrogen-bond donors (Lipinski definition) is 2. The maximum absolute atomic E-state index is 9.88. The largest absolute Gasteiger partial charge is 2.00 e. The van der Waals surface area contributed by atoms with Gasteiger partial charge in [-0.1, -0.05) is 24.8 Å². The van der Waals surface area contributed by atoms with Crippen molar-refractivity contribution in [1.82, 2.24) is 0 Å². The van der Waals surface area contributed by atoms with Crippen LogP contribution in [0.1, 0.15) is 11.1 Å². The third kappa shape index (κ3) is 14.4. The van der Waals surface area contributed by atoms with Gasteiger partial charge in [0, 0.05) is 0 Å². The molecule has 2 rings (SSSR count). The number of carbonyl (C=O) groups excluding carboxylic acids is 3. The minimum atomic E-state index is -0.639. The molecule has 0 heterocycles. The first-order chi connectivity index (χ1) is 9.60. The first-order valence-electron chi connectivity index (χ1n) is 5.45. The third-order valence-corrected chi connectivity index (χ3v) is 1.78. The van der Waals surface area contributed by atoms with Gasteiger partial charge in [-0.15, -0.1) is 24.3 Å². The van der Waals surface area contributed by atoms with Gasteiger partial charge < -0.3 is 15.3 Å². The summed E-state index contributed by atoms with van der Waals surface area (Å²) in [7, 11) is 0. The van der Waals surface area contributed by atoms with Gasteiger partial charge >= 0.3 is 19.5 Å². The first-order valence-corrected chi connectivity index (χ1v) is 5.89. The van der Waals surface area contributed by atoms with Gasteiger partial charge in [0.25, 0.3) is 5.24 Å². The molecule has 2 aromatic rings. The molecule has 0 aromatic heterocycles. The molecule has 2 N–H and O–H groups in total. The SMILES string of the molecule is NC(=O)S.O=[C-]c1ccccc1.O=[C-]c1ccccc1.[Zn+2]. The van der Waals surface area contributed by atoms with Crippen molar-refractivity contribution in [2.45, 2.75) is 0 Å². The van der Waals surface area contributed by atoms with E-state index in [2.05, 4.69) is 18.4 Å². The van der Waals surface area contributed by atoms with E-state index in [1.807, 2.05) is 12.1 Å². The number of nitrogens with two attached hydrogens (primary N) is 1. The number of rotatable bonds is 2. The van der Waals surface area contributed by atoms with Crippen LogP contribution in [0, 0.1) is 0 Å². The second-order valence-electron chi connectivity index (χ2n) is 3.27. The predicted molar refractivity (Wildman–Crippen MR) is 81.0 cm³/mol. The fourth-order valence-electron chi connectivity index (χ4n) is 1.01. The molecule has 0 fully saturated rings. The molecular formula is C15H13NO3SZn. The Balaban J connectivity index is 0. The van der Waals surface area contributed by atoms with Crippen LogP contribution < -0.4 is 5.73 Å². The maximum Gasteiger partial charge on any atom is 2.00 e. The summed E-state index contributed by atoms with van der Waals surface area (Å²) in [6, 6.07) is 17.8. The molecule has 0 atom stereocenters. The number of hydrogen-bond acceptors (Lipinski definition) is 3. The van der Waals surface area contributed by atoms with Gasteiger partial charge in [-0.25, -0.2) is 0 Å². The van der Waals surface area contributed by atoms with Crippen molar-refractivity contribution in [1.29, 1.82) is 0 Å². The van der Waals surface area contributed by atoms with Crippen LogP contribution >= 0.6 is 12.6 Å². The van der Waals surface area contributed by atoms with Crippen LogP contribution in [0.25, 0.3) is 0 Å². The second-order valence-corrected chi connectivity index (χ2v) is 3.72. The van der Waals surface area contributed by atoms with Gasteiger partial charge in [0.2, 0.25) is 0 Å². The molecule has 21 heavy (non-hydrogen) atoms. The molecule has 104 valence electrons. The molecule has 0 aliphatic heterocycles. The van der Waals surface area contributed by atoms with Crippen LogP contribution in [0.4, 0.5) is 4.79 Å². The molecule has 1 amide bonds. The summed E-state index contributed by atoms with van der Waals surface area (Å²) < 4.78 is 0. The van der Waals surface area contributed by atoms with E-state index in [0.29, 0.717) is 11.1 Å². The summed E-state index contributed by atoms with van der Waals surface area (Å²) in [6.07, 6.45) is 3.55. The predicted octanol–water partition coefficient (Wildman–Crippen LogP) is 2.28. The van der Waals surface area contributed by atoms with Crippen molar-refractivity contribution >= 4 is 30.4 Å². The molecule has 0 spiro atoms. The average molecular weight is 353 g/mol. The summed E-state index contributed by atoms with van der Waals surface area (Å²) in [4.78, 5) is 28.8. The smallest absolute Gasteiger partial charge is 0.376 e. The Bertz CT molecular complexity index is 473. The standard InChI is InChI=1S/2C7H5O.CH3NOS.Zn/c2*8-6-7-4-2-1-3-5-7;2-1(3)4;/h2*1-5H;(H3,2,3,4);/q2*-1;;+2. The Kier molecular flexibility index (Phi) is 15.0. The van der Waals surface area contributed by atoms with Crippen molar-refractivity contribution in [3.63, 3.8) is 0 Å². The molecule has 0 saturated carbocycles. The zero-order valence-electron chi connectivity index (χ0n) is 11.2. The second kappa shape index (κ2) is 14.6. The first kappa shape index (κ1) is 21.5. The van der Waals surface area contributed by atoms with E-state index in [9.17, 15) is 9.59 Å². The number of thiol groups is 1. The van der Waals surface area contributed by atoms with Crippen molar-refractivity contribution in [2.75, 3.05) is 0 Å². The van der Waals surface area contributed by atoms with Crippen LogP contribution in [0.5, 0.6) is 0 Å². The van der Waals surface area contributed by atoms with Crippen LogP contribution in [-0.2, 0) is 29.1 Å². The monoisotopic (exact) mass is 351 g/mol. The summed E-state index contributed by atoms with van der Waals surface area (Å²) >= 11 is 3.10. The van der Waals surface area contributed by atoms with Gasteiger partial charge in [0.15, 0.2) is 0 Å². The molecule has 0 aliphatic rings. The fourth-order valence-corrected chi connectivity index (χ4v) is 1.01. The van der Waals surface area contributed by atoms with Gasteiger partial charge in [-0.3, -0.25) is 4.79 Å². The Morgan fingerprint density at radius 2 is 1.05 bits per heavy atom. The molecule has 0 saturated heterocycles. The van der Waals surface area contributed by atoms with E-state index in [4.69, 9.17) is 4.79 Å². The minimum Gasteiger partial charge on any atom is -0.376 e. The van der Waals surface area contributed by atoms with E-state index in [1.165, 1.54) is 0 Å². The number of benzene rings is 2. The molecule has 4 nitrogen and oxygen atoms in total. The van der Waals surface area contributed by atoms with E-state index in [-0.39, 0.29) is 19.5 Å². The van der Waals surface area contributed by atoms with Crippen LogP contribution in [0.15, 0.2) is 60.7 Å². The Morgan fingerprint density at radius 3 is 1.19 bits per heavy atom. The molecule has 0 radical (unpaired) electrons. The molecule has 2 aromatic carbocycles. The van der Waals surface area contributed by atoms with Crippen molar-refractivity contribution in [2.24, 2.45) is 5.73 Å². The molecular weight excluding hydrogens is 340 g/mol. The molecule has 0 bridgehead atoms. The zero-order chi connectivity index (χ0) is 15.2.